The molecule has 5 nitrogen and oxygen atoms in total. The van der Waals surface area contributed by atoms with Crippen LogP contribution in [-0.2, 0) is 22.6 Å². The maximum atomic E-state index is 14.0. The molecule has 0 aliphatic heterocycles. The first kappa shape index (κ1) is 26.0. The second-order valence-corrected chi connectivity index (χ2v) is 9.58. The van der Waals surface area contributed by atoms with Crippen LogP contribution in [0.15, 0.2) is 60.7 Å². The van der Waals surface area contributed by atoms with Crippen LogP contribution in [0.4, 0.5) is 4.39 Å². The average Bonchev–Trinajstić information content (AvgIpc) is 2.86. The van der Waals surface area contributed by atoms with Gasteiger partial charge in [0.2, 0.25) is 5.91 Å². The Bertz CT molecular complexity index is 1180. The fourth-order valence-electron chi connectivity index (χ4n) is 4.55. The number of carbonyl (C=O) groups excluding carboxylic acids is 1. The number of carbonyl (C=O) groups is 1. The fraction of sp³-hybridized carbons (Fsp3) is 0.345. The van der Waals surface area contributed by atoms with Gasteiger partial charge in [0, 0.05) is 24.1 Å². The molecule has 2 N–H and O–H groups in total. The number of ether oxygens (including phenoxy) is 2. The Morgan fingerprint density at radius 3 is 2.47 bits per heavy atom. The lowest BCUT2D eigenvalue weighted by atomic mass is 9.94. The van der Waals surface area contributed by atoms with Gasteiger partial charge in [-0.15, -0.1) is 0 Å². The molecule has 0 atom stereocenters. The predicted molar refractivity (Wildman–Crippen MR) is 139 cm³/mol. The minimum Gasteiger partial charge on any atom is -0.504 e. The Kier molecular flexibility index (Phi) is 8.83. The summed E-state index contributed by atoms with van der Waals surface area (Å²) in [6.45, 7) is 2.42. The summed E-state index contributed by atoms with van der Waals surface area (Å²) >= 11 is 5.94. The molecule has 1 aliphatic rings. The van der Waals surface area contributed by atoms with Crippen molar-refractivity contribution in [1.82, 2.24) is 5.32 Å². The monoisotopic (exact) mass is 511 g/mol. The number of aromatic hydroxyl groups is 1. The zero-order valence-electron chi connectivity index (χ0n) is 20.3. The topological polar surface area (TPSA) is 67.8 Å². The summed E-state index contributed by atoms with van der Waals surface area (Å²) in [6, 6.07) is 17.4. The van der Waals surface area contributed by atoms with E-state index in [0.29, 0.717) is 41.5 Å². The van der Waals surface area contributed by atoms with Crippen molar-refractivity contribution in [1.29, 1.82) is 0 Å². The molecule has 1 fully saturated rings. The first-order valence-corrected chi connectivity index (χ1v) is 12.6. The Morgan fingerprint density at radius 1 is 1.06 bits per heavy atom. The maximum Gasteiger partial charge on any atom is 0.216 e. The van der Waals surface area contributed by atoms with E-state index in [1.165, 1.54) is 19.1 Å². The van der Waals surface area contributed by atoms with Crippen LogP contribution in [0.3, 0.4) is 0 Å². The number of nitrogens with one attached hydrogen (secondary N) is 1. The lowest BCUT2D eigenvalue weighted by Crippen LogP contribution is -2.28. The lowest BCUT2D eigenvalue weighted by molar-refractivity contribution is -0.118. The van der Waals surface area contributed by atoms with Gasteiger partial charge in [0.1, 0.15) is 5.82 Å². The average molecular weight is 512 g/mol. The van der Waals surface area contributed by atoms with Crippen molar-refractivity contribution in [2.24, 2.45) is 0 Å². The van der Waals surface area contributed by atoms with Gasteiger partial charge in [-0.2, -0.15) is 0 Å². The molecule has 0 spiro atoms. The smallest absolute Gasteiger partial charge is 0.216 e. The van der Waals surface area contributed by atoms with Gasteiger partial charge in [-0.25, -0.2) is 4.39 Å². The SMILES string of the molecule is CC(=O)NCCc1ccc(OC2CCC(OCc3ccc(Cl)cc3)CC2)c(O)c1-c1cccc(F)c1. The van der Waals surface area contributed by atoms with Crippen molar-refractivity contribution in [3.05, 3.63) is 82.6 Å². The zero-order valence-corrected chi connectivity index (χ0v) is 21.1. The minimum absolute atomic E-state index is 0.0120. The summed E-state index contributed by atoms with van der Waals surface area (Å²) in [5.74, 6) is -0.146. The Morgan fingerprint density at radius 2 is 1.78 bits per heavy atom. The lowest BCUT2D eigenvalue weighted by Gasteiger charge is -2.29. The van der Waals surface area contributed by atoms with Gasteiger partial charge in [-0.1, -0.05) is 41.9 Å². The van der Waals surface area contributed by atoms with Gasteiger partial charge >= 0.3 is 0 Å². The van der Waals surface area contributed by atoms with Crippen molar-refractivity contribution in [2.75, 3.05) is 6.54 Å². The largest absolute Gasteiger partial charge is 0.504 e. The van der Waals surface area contributed by atoms with E-state index in [2.05, 4.69) is 5.32 Å². The van der Waals surface area contributed by atoms with Gasteiger partial charge in [0.05, 0.1) is 18.8 Å². The number of phenols is 1. The van der Waals surface area contributed by atoms with E-state index in [4.69, 9.17) is 21.1 Å². The van der Waals surface area contributed by atoms with E-state index in [1.807, 2.05) is 30.3 Å². The quantitative estimate of drug-likeness (QED) is 0.347. The molecule has 0 heterocycles. The first-order chi connectivity index (χ1) is 17.4. The summed E-state index contributed by atoms with van der Waals surface area (Å²) < 4.78 is 26.3. The van der Waals surface area contributed by atoms with Crippen LogP contribution in [0.25, 0.3) is 11.1 Å². The molecule has 0 aromatic heterocycles. The number of hydrogen-bond donors (Lipinski definition) is 2. The predicted octanol–water partition coefficient (Wildman–Crippen LogP) is 6.44. The van der Waals surface area contributed by atoms with Crippen LogP contribution in [-0.4, -0.2) is 29.8 Å². The number of amides is 1. The Hall–Kier alpha value is -3.09. The molecule has 4 rings (SSSR count). The number of phenolic OH excluding ortho intramolecular Hbond substituents is 1. The molecule has 7 heteroatoms. The highest BCUT2D eigenvalue weighted by Gasteiger charge is 2.25. The van der Waals surface area contributed by atoms with Gasteiger partial charge in [0.25, 0.3) is 0 Å². The first-order valence-electron chi connectivity index (χ1n) is 12.3. The van der Waals surface area contributed by atoms with E-state index < -0.39 is 0 Å². The molecule has 0 saturated heterocycles. The second-order valence-electron chi connectivity index (χ2n) is 9.14. The van der Waals surface area contributed by atoms with E-state index in [-0.39, 0.29) is 29.7 Å². The van der Waals surface area contributed by atoms with Gasteiger partial charge in [-0.05, 0) is 79.1 Å². The highest BCUT2D eigenvalue weighted by Crippen LogP contribution is 2.41. The molecule has 190 valence electrons. The molecule has 0 radical (unpaired) electrons. The second kappa shape index (κ2) is 12.2. The van der Waals surface area contributed by atoms with Crippen molar-refractivity contribution < 1.29 is 23.8 Å². The normalized spacial score (nSPS) is 17.5. The molecule has 3 aromatic rings. The van der Waals surface area contributed by atoms with Gasteiger partial charge in [-0.3, -0.25) is 4.79 Å². The molecule has 1 saturated carbocycles. The molecule has 1 aliphatic carbocycles. The number of rotatable bonds is 9. The minimum atomic E-state index is -0.386. The molecule has 0 unspecified atom stereocenters. The van der Waals surface area contributed by atoms with Crippen LogP contribution in [0, 0.1) is 5.82 Å². The third kappa shape index (κ3) is 6.99. The fourth-order valence-corrected chi connectivity index (χ4v) is 4.67. The van der Waals surface area contributed by atoms with E-state index in [1.54, 1.807) is 18.2 Å². The molecule has 0 bridgehead atoms. The van der Waals surface area contributed by atoms with Crippen LogP contribution in [0.5, 0.6) is 11.5 Å². The summed E-state index contributed by atoms with van der Waals surface area (Å²) in [7, 11) is 0. The number of halogens is 2. The molecule has 3 aromatic carbocycles. The van der Waals surface area contributed by atoms with Crippen LogP contribution in [0.2, 0.25) is 5.02 Å². The van der Waals surface area contributed by atoms with Crippen LogP contribution >= 0.6 is 11.6 Å². The van der Waals surface area contributed by atoms with Crippen LogP contribution in [0.1, 0.15) is 43.7 Å². The highest BCUT2D eigenvalue weighted by molar-refractivity contribution is 6.30. The van der Waals surface area contributed by atoms with E-state index >= 15 is 0 Å². The summed E-state index contributed by atoms with van der Waals surface area (Å²) in [4.78, 5) is 11.3. The molecular weight excluding hydrogens is 481 g/mol. The maximum absolute atomic E-state index is 14.0. The van der Waals surface area contributed by atoms with Gasteiger partial charge < -0.3 is 19.9 Å². The van der Waals surface area contributed by atoms with E-state index in [0.717, 1.165) is 36.8 Å². The third-order valence-corrected chi connectivity index (χ3v) is 6.67. The van der Waals surface area contributed by atoms with Crippen LogP contribution < -0.4 is 10.1 Å². The van der Waals surface area contributed by atoms with Gasteiger partial charge in [0.15, 0.2) is 11.5 Å². The summed E-state index contributed by atoms with van der Waals surface area (Å²) in [5.41, 5.74) is 2.98. The summed E-state index contributed by atoms with van der Waals surface area (Å²) in [5, 5.41) is 14.6. The molecule has 36 heavy (non-hydrogen) atoms. The Balaban J connectivity index is 1.41. The standard InChI is InChI=1S/C29H31ClFNO4/c1-19(33)32-16-15-21-7-14-27(29(34)28(21)22-3-2-4-24(31)17-22)36-26-12-10-25(11-13-26)35-18-20-5-8-23(30)9-6-20/h2-9,14,17,25-26,34H,10-13,15-16,18H2,1H3,(H,32,33). The van der Waals surface area contributed by atoms with Crippen molar-refractivity contribution >= 4 is 17.5 Å². The van der Waals surface area contributed by atoms with E-state index in [9.17, 15) is 14.3 Å². The summed E-state index contributed by atoms with van der Waals surface area (Å²) in [6.07, 6.45) is 3.96. The Labute approximate surface area is 216 Å². The molecular formula is C29H31ClFNO4. The highest BCUT2D eigenvalue weighted by atomic mass is 35.5. The van der Waals surface area contributed by atoms with Crippen molar-refractivity contribution in [3.63, 3.8) is 0 Å². The number of hydrogen-bond acceptors (Lipinski definition) is 4. The number of benzene rings is 3. The van der Waals surface area contributed by atoms with Crippen molar-refractivity contribution in [2.45, 2.75) is 57.8 Å². The molecule has 1 amide bonds. The zero-order chi connectivity index (χ0) is 25.5. The third-order valence-electron chi connectivity index (χ3n) is 6.42. The van der Waals surface area contributed by atoms with Crippen molar-refractivity contribution in [3.8, 4) is 22.6 Å².